The average molecular weight is 3030 g/mol. The van der Waals surface area contributed by atoms with E-state index in [1.165, 1.54) is 0 Å². The molecule has 59 heteroatoms. The van der Waals surface area contributed by atoms with Crippen LogP contribution in [-0.2, 0) is 481 Å². The van der Waals surface area contributed by atoms with E-state index in [1.807, 2.05) is 0 Å². The van der Waals surface area contributed by atoms with Gasteiger partial charge in [-0.25, -0.2) is 0 Å². The zero-order valence-electron chi connectivity index (χ0n) is 31.0. The van der Waals surface area contributed by atoms with Gasteiger partial charge >= 0.3 is 28.6 Å². The Balaban J connectivity index is -0.000000000181. The van der Waals surface area contributed by atoms with Gasteiger partial charge in [-0.2, -0.15) is 0 Å². The minimum Gasteiger partial charge on any atom is -2.00 e. The van der Waals surface area contributed by atoms with E-state index >= 15 is 0 Å². The van der Waals surface area contributed by atoms with E-state index in [0.717, 1.165) is 0 Å². The molecular weight excluding hydrogens is 3010 g/mol. The van der Waals surface area contributed by atoms with Gasteiger partial charge in [0.1, 0.15) is 0 Å². The molecule has 0 saturated heterocycles. The number of carbonyl (C=O) groups is 2. The summed E-state index contributed by atoms with van der Waals surface area (Å²) >= 11 is 0. The third-order valence-corrected chi connectivity index (χ3v) is 0.349. The van der Waals surface area contributed by atoms with Crippen molar-refractivity contribution in [3.8, 4) is 0 Å². The van der Waals surface area contributed by atoms with E-state index < -0.39 is 11.9 Å². The first-order valence-electron chi connectivity index (χ1n) is 2.38. The summed E-state index contributed by atoms with van der Waals surface area (Å²) in [5.74, 6) is -1.94. The summed E-state index contributed by atoms with van der Waals surface area (Å²) < 4.78 is 0. The minimum absolute atomic E-state index is 0. The zero-order valence-corrected chi connectivity index (χ0v) is 63.2. The SMILES string of the molecule is NCC(=O)O.NCC(=O)O.[H+].[H+].[H+].[H+].[O-2].[O-2].[O-2].[O-2].[O-2].[O-2].[O-2].[O-2].[O-2].[O-2].[O-2].[O-2].[O-2].[O-2].[O-2].[O-2].[O-2].[O-2].[O-2].[O-2].[O-2].[O-2].[O-2].[O-2].[O-2].[O-2].[O-2].[O-2].[O-2].[O-2].[O-2].[O-2].[O-2].[O-2].[O-2].[O-2].[O-2].[O-2].[O-2].[O-2].[Si+4].[W].[W].[W].[W].[W].[W].[W].[W].[W].[W].[W].[W]. The van der Waals surface area contributed by atoms with Crippen molar-refractivity contribution in [3.63, 3.8) is 0 Å². The van der Waals surface area contributed by atoms with E-state index in [9.17, 15) is 9.59 Å². The number of hydrogen-bond acceptors (Lipinski definition) is 4. The van der Waals surface area contributed by atoms with Crippen LogP contribution in [0.4, 0.5) is 0 Å². The van der Waals surface area contributed by atoms with Crippen molar-refractivity contribution in [2.75, 3.05) is 13.1 Å². The van der Waals surface area contributed by atoms with Crippen molar-refractivity contribution >= 4 is 22.9 Å². The number of aliphatic carboxylic acids is 2. The van der Waals surface area contributed by atoms with Gasteiger partial charge in [0.15, 0.2) is 0 Å². The average Bonchev–Trinajstić information content (AvgIpc) is 1.89. The fourth-order valence-electron chi connectivity index (χ4n) is 0. The molecule has 0 unspecified atom stereocenters. The summed E-state index contributed by atoms with van der Waals surface area (Å²) in [6, 6.07) is 0. The topological polar surface area (TPSA) is 1270 Å². The number of carboxylic acid groups (broad SMARTS) is 2. The number of hydrogen-bond donors (Lipinski definition) is 4. The van der Waals surface area contributed by atoms with Gasteiger partial charge in [0.2, 0.25) is 0 Å². The molecular formula is C4H14N2O44SiW12-72. The van der Waals surface area contributed by atoms with Crippen molar-refractivity contribution in [2.45, 2.75) is 0 Å². The van der Waals surface area contributed by atoms with Crippen LogP contribution in [0.5, 0.6) is 0 Å². The maximum absolute atomic E-state index is 9.24. The van der Waals surface area contributed by atoms with Crippen molar-refractivity contribution in [2.24, 2.45) is 11.5 Å². The van der Waals surface area contributed by atoms with E-state index in [2.05, 4.69) is 11.5 Å². The number of rotatable bonds is 2. The molecule has 0 rings (SSSR count). The molecule has 0 atom stereocenters. The molecule has 0 heterocycles. The van der Waals surface area contributed by atoms with E-state index in [0.29, 0.717) is 0 Å². The Bertz CT molecular complexity index is 190. The molecule has 0 spiro atoms. The van der Waals surface area contributed by atoms with E-state index in [4.69, 9.17) is 10.2 Å². The summed E-state index contributed by atoms with van der Waals surface area (Å²) in [5, 5.41) is 15.2. The molecule has 63 heavy (non-hydrogen) atoms. The number of nitrogens with two attached hydrogens (primary N) is 2. The predicted molar refractivity (Wildman–Crippen MR) is 71.0 cm³/mol. The van der Waals surface area contributed by atoms with Gasteiger partial charge in [-0.15, -0.1) is 0 Å². The van der Waals surface area contributed by atoms with Crippen LogP contribution in [0.25, 0.3) is 0 Å². The van der Waals surface area contributed by atoms with Gasteiger partial charge in [0.25, 0.3) is 0 Å². The van der Waals surface area contributed by atoms with Crippen LogP contribution in [0, 0.1) is 0 Å². The molecule has 6 N–H and O–H groups in total. The van der Waals surface area contributed by atoms with Crippen LogP contribution in [0.3, 0.4) is 0 Å². The fourth-order valence-corrected chi connectivity index (χ4v) is 0. The normalized spacial score (nSPS) is 1.17. The smallest absolute Gasteiger partial charge is 2.00 e. The second-order valence-electron chi connectivity index (χ2n) is 1.20. The third kappa shape index (κ3) is 3090. The molecule has 0 aromatic rings. The molecule has 0 saturated carbocycles. The van der Waals surface area contributed by atoms with Gasteiger partial charge in [0.05, 0.1) is 13.1 Å². The first kappa shape index (κ1) is 1670. The molecule has 0 fully saturated rings. The van der Waals surface area contributed by atoms with Crippen LogP contribution < -0.4 is 11.5 Å². The molecule has 452 valence electrons. The molecule has 0 aliphatic rings. The Morgan fingerprint density at radius 2 is 0.238 bits per heavy atom. The summed E-state index contributed by atoms with van der Waals surface area (Å²) in [6.07, 6.45) is 0. The van der Waals surface area contributed by atoms with Gasteiger partial charge in [-0.1, -0.05) is 0 Å². The van der Waals surface area contributed by atoms with Gasteiger partial charge in [-0.05, 0) is 0 Å². The zero-order chi connectivity index (χ0) is 8.57. The van der Waals surface area contributed by atoms with E-state index in [1.54, 1.807) is 0 Å². The Hall–Kier alpha value is 5.74. The van der Waals surface area contributed by atoms with Crippen LogP contribution in [-0.4, -0.2) is 46.2 Å². The Kier molecular flexibility index (Phi) is 42400. The minimum atomic E-state index is -0.968. The standard InChI is InChI=1S/2C2H5NO2.40O.Si.12W/c2*3-1-2(4)5;;;;;;;;;;;;;;;;;;;;;;;;;;;;;;;;;;;;;;;;;;;;;;;;;;;;;/h2*1,3H2,(H,4,5);;;;;;;;;;;;;;;;;;;;;;;;;;;;;;;;;;;;;;;;;;;;;;;;;;;;;/q;;40*-2;+4;;;;;;;;;;;;/p+4. The molecule has 0 radical (unpaired) electrons. The van der Waals surface area contributed by atoms with Crippen molar-refractivity contribution in [1.82, 2.24) is 0 Å². The maximum Gasteiger partial charge on any atom is 4.00 e. The summed E-state index contributed by atoms with van der Waals surface area (Å²) in [5.41, 5.74) is 9.14. The van der Waals surface area contributed by atoms with Crippen LogP contribution >= 0.6 is 0 Å². The van der Waals surface area contributed by atoms with Crippen LogP contribution in [0.15, 0.2) is 0 Å². The fraction of sp³-hybridized carbons (Fsp3) is 0.500. The maximum atomic E-state index is 9.24. The molecule has 0 aromatic heterocycles. The van der Waals surface area contributed by atoms with Crippen molar-refractivity contribution < 1.29 is 497 Å². The van der Waals surface area contributed by atoms with Crippen LogP contribution in [0.1, 0.15) is 5.71 Å². The second kappa shape index (κ2) is 1600. The second-order valence-corrected chi connectivity index (χ2v) is 1.20. The Morgan fingerprint density at radius 3 is 0.238 bits per heavy atom. The molecule has 46 nitrogen and oxygen atoms in total. The number of carboxylic acids is 2. The Labute approximate surface area is 538 Å². The van der Waals surface area contributed by atoms with Crippen LogP contribution in [0.2, 0.25) is 0 Å². The third-order valence-electron chi connectivity index (χ3n) is 0.349. The quantitative estimate of drug-likeness (QED) is 0.195. The molecule has 0 amide bonds. The molecule has 0 aliphatic heterocycles. The monoisotopic (exact) mass is 3030 g/mol. The molecule has 0 aromatic carbocycles. The molecule has 0 aliphatic carbocycles. The van der Waals surface area contributed by atoms with Crippen molar-refractivity contribution in [1.29, 1.82) is 0 Å². The van der Waals surface area contributed by atoms with E-state index in [-0.39, 0.29) is 502 Å². The van der Waals surface area contributed by atoms with Crippen molar-refractivity contribution in [3.05, 3.63) is 0 Å². The first-order chi connectivity index (χ1) is 4.54. The largest absolute Gasteiger partial charge is 4.00 e. The van der Waals surface area contributed by atoms with Gasteiger partial charge < -0.3 is 241 Å². The van der Waals surface area contributed by atoms with Gasteiger partial charge in [-0.3, -0.25) is 9.59 Å². The predicted octanol–water partition coefficient (Wildman–Crippen LogP) is -6.65. The summed E-state index contributed by atoms with van der Waals surface area (Å²) in [6.45, 7) is -0.556. The van der Waals surface area contributed by atoms with Gasteiger partial charge in [0, 0.05) is 253 Å². The molecule has 0 bridgehead atoms. The first-order valence-corrected chi connectivity index (χ1v) is 2.38. The summed E-state index contributed by atoms with van der Waals surface area (Å²) in [7, 11) is 0. The Morgan fingerprint density at radius 1 is 0.222 bits per heavy atom. The summed E-state index contributed by atoms with van der Waals surface area (Å²) in [4.78, 5) is 18.5.